The van der Waals surface area contributed by atoms with Crippen molar-refractivity contribution in [1.82, 2.24) is 4.90 Å². The minimum Gasteiger partial charge on any atom is -0.329 e. The first-order valence-corrected chi connectivity index (χ1v) is 6.77. The van der Waals surface area contributed by atoms with E-state index in [2.05, 4.69) is 43.0 Å². The molecule has 0 aliphatic carbocycles. The molecule has 1 heterocycles. The van der Waals surface area contributed by atoms with Crippen molar-refractivity contribution >= 4 is 0 Å². The Morgan fingerprint density at radius 3 is 2.65 bits per heavy atom. The topological polar surface area (TPSA) is 29.3 Å². The van der Waals surface area contributed by atoms with Crippen molar-refractivity contribution in [3.8, 4) is 0 Å². The summed E-state index contributed by atoms with van der Waals surface area (Å²) in [5.74, 6) is 0.685. The minimum absolute atomic E-state index is 0.536. The molecule has 0 spiro atoms. The molecule has 0 saturated carbocycles. The molecule has 0 bridgehead atoms. The molecule has 2 atom stereocenters. The highest BCUT2D eigenvalue weighted by Gasteiger charge is 2.25. The number of nitrogens with two attached hydrogens (primary N) is 1. The third-order valence-electron chi connectivity index (χ3n) is 4.17. The van der Waals surface area contributed by atoms with Crippen LogP contribution in [0, 0.1) is 5.92 Å². The van der Waals surface area contributed by atoms with Crippen LogP contribution in [0.3, 0.4) is 0 Å². The van der Waals surface area contributed by atoms with E-state index < -0.39 is 0 Å². The van der Waals surface area contributed by atoms with E-state index in [1.165, 1.54) is 24.0 Å². The van der Waals surface area contributed by atoms with Crippen molar-refractivity contribution in [2.24, 2.45) is 11.7 Å². The molecule has 1 aromatic carbocycles. The number of rotatable bonds is 4. The first kappa shape index (κ1) is 12.6. The Kier molecular flexibility index (Phi) is 4.19. The van der Waals surface area contributed by atoms with Crippen molar-refractivity contribution in [3.63, 3.8) is 0 Å². The van der Waals surface area contributed by atoms with E-state index in [1.54, 1.807) is 0 Å². The van der Waals surface area contributed by atoms with Gasteiger partial charge >= 0.3 is 0 Å². The summed E-state index contributed by atoms with van der Waals surface area (Å²) in [5, 5.41) is 0. The molecular formula is C15H24N2. The molecule has 2 rings (SSSR count). The molecule has 0 aromatic heterocycles. The normalized spacial score (nSPS) is 19.7. The molecule has 1 aliphatic rings. The van der Waals surface area contributed by atoms with Crippen LogP contribution in [0.25, 0.3) is 0 Å². The largest absolute Gasteiger partial charge is 0.329 e. The zero-order valence-corrected chi connectivity index (χ0v) is 11.0. The van der Waals surface area contributed by atoms with Gasteiger partial charge in [-0.3, -0.25) is 4.90 Å². The molecule has 0 amide bonds. The van der Waals surface area contributed by atoms with Gasteiger partial charge in [0.1, 0.15) is 0 Å². The number of fused-ring (bicyclic) bond motifs is 1. The summed E-state index contributed by atoms with van der Waals surface area (Å²) in [6, 6.07) is 9.33. The second-order valence-corrected chi connectivity index (χ2v) is 5.18. The van der Waals surface area contributed by atoms with Crippen LogP contribution >= 0.6 is 0 Å². The molecule has 2 N–H and O–H groups in total. The fraction of sp³-hybridized carbons (Fsp3) is 0.600. The lowest BCUT2D eigenvalue weighted by molar-refractivity contribution is 0.135. The van der Waals surface area contributed by atoms with Gasteiger partial charge < -0.3 is 5.73 Å². The molecule has 0 fully saturated rings. The summed E-state index contributed by atoms with van der Waals surface area (Å²) in [6.07, 6.45) is 2.38. The van der Waals surface area contributed by atoms with Crippen molar-refractivity contribution in [1.29, 1.82) is 0 Å². The van der Waals surface area contributed by atoms with Gasteiger partial charge in [0.15, 0.2) is 0 Å². The minimum atomic E-state index is 0.536. The summed E-state index contributed by atoms with van der Waals surface area (Å²) in [6.45, 7) is 7.58. The highest BCUT2D eigenvalue weighted by molar-refractivity contribution is 5.29. The first-order chi connectivity index (χ1) is 8.26. The third kappa shape index (κ3) is 2.70. The van der Waals surface area contributed by atoms with Crippen LogP contribution in [0.5, 0.6) is 0 Å². The van der Waals surface area contributed by atoms with Crippen molar-refractivity contribution in [2.75, 3.05) is 13.1 Å². The highest BCUT2D eigenvalue weighted by Crippen LogP contribution is 2.23. The maximum absolute atomic E-state index is 5.96. The summed E-state index contributed by atoms with van der Waals surface area (Å²) >= 11 is 0. The Bertz CT molecular complexity index is 362. The second kappa shape index (κ2) is 5.65. The molecule has 1 aliphatic heterocycles. The fourth-order valence-electron chi connectivity index (χ4n) is 2.81. The highest BCUT2D eigenvalue weighted by atomic mass is 15.2. The van der Waals surface area contributed by atoms with Gasteiger partial charge in [0, 0.05) is 25.7 Å². The van der Waals surface area contributed by atoms with E-state index in [9.17, 15) is 0 Å². The fourth-order valence-corrected chi connectivity index (χ4v) is 2.81. The standard InChI is InChI=1S/C15H24N2/c1-3-12(2)15(10-16)17-9-8-13-6-4-5-7-14(13)11-17/h4-7,12,15H,3,8-11,16H2,1-2H3. The molecule has 2 unspecified atom stereocenters. The van der Waals surface area contributed by atoms with Crippen LogP contribution < -0.4 is 5.73 Å². The van der Waals surface area contributed by atoms with Crippen LogP contribution in [0.15, 0.2) is 24.3 Å². The zero-order chi connectivity index (χ0) is 12.3. The number of nitrogens with zero attached hydrogens (tertiary/aromatic N) is 1. The molecule has 0 saturated heterocycles. The lowest BCUT2D eigenvalue weighted by atomic mass is 9.93. The quantitative estimate of drug-likeness (QED) is 0.864. The van der Waals surface area contributed by atoms with Gasteiger partial charge in [0.05, 0.1) is 0 Å². The van der Waals surface area contributed by atoms with E-state index in [4.69, 9.17) is 5.73 Å². The van der Waals surface area contributed by atoms with E-state index in [-0.39, 0.29) is 0 Å². The van der Waals surface area contributed by atoms with Gasteiger partial charge in [-0.2, -0.15) is 0 Å². The van der Waals surface area contributed by atoms with Crippen LogP contribution in [-0.4, -0.2) is 24.0 Å². The van der Waals surface area contributed by atoms with E-state index in [0.29, 0.717) is 12.0 Å². The molecule has 94 valence electrons. The average Bonchev–Trinajstić information content (AvgIpc) is 2.39. The monoisotopic (exact) mass is 232 g/mol. The van der Waals surface area contributed by atoms with Crippen LogP contribution in [-0.2, 0) is 13.0 Å². The molecule has 17 heavy (non-hydrogen) atoms. The lowest BCUT2D eigenvalue weighted by Crippen LogP contribution is -2.46. The number of hydrogen-bond acceptors (Lipinski definition) is 2. The Morgan fingerprint density at radius 2 is 2.00 bits per heavy atom. The van der Waals surface area contributed by atoms with Gasteiger partial charge in [-0.25, -0.2) is 0 Å². The maximum Gasteiger partial charge on any atom is 0.0247 e. The number of benzene rings is 1. The van der Waals surface area contributed by atoms with E-state index >= 15 is 0 Å². The van der Waals surface area contributed by atoms with Gasteiger partial charge in [0.25, 0.3) is 0 Å². The Hall–Kier alpha value is -0.860. The van der Waals surface area contributed by atoms with Crippen molar-refractivity contribution in [3.05, 3.63) is 35.4 Å². The van der Waals surface area contributed by atoms with Crippen molar-refractivity contribution < 1.29 is 0 Å². The van der Waals surface area contributed by atoms with Gasteiger partial charge in [-0.1, -0.05) is 44.5 Å². The first-order valence-electron chi connectivity index (χ1n) is 6.77. The maximum atomic E-state index is 5.96. The Balaban J connectivity index is 2.10. The zero-order valence-electron chi connectivity index (χ0n) is 11.0. The average molecular weight is 232 g/mol. The number of hydrogen-bond donors (Lipinski definition) is 1. The van der Waals surface area contributed by atoms with Crippen LogP contribution in [0.4, 0.5) is 0 Å². The van der Waals surface area contributed by atoms with Gasteiger partial charge in [-0.05, 0) is 23.5 Å². The lowest BCUT2D eigenvalue weighted by Gasteiger charge is -2.38. The van der Waals surface area contributed by atoms with Crippen LogP contribution in [0.1, 0.15) is 31.4 Å². The Labute approximate surface area is 105 Å². The summed E-state index contributed by atoms with van der Waals surface area (Å²) in [7, 11) is 0. The molecule has 0 radical (unpaired) electrons. The molecular weight excluding hydrogens is 208 g/mol. The summed E-state index contributed by atoms with van der Waals surface area (Å²) < 4.78 is 0. The Morgan fingerprint density at radius 1 is 1.29 bits per heavy atom. The van der Waals surface area contributed by atoms with Crippen LogP contribution in [0.2, 0.25) is 0 Å². The molecule has 2 nitrogen and oxygen atoms in total. The van der Waals surface area contributed by atoms with Gasteiger partial charge in [0.2, 0.25) is 0 Å². The van der Waals surface area contributed by atoms with E-state index in [1.807, 2.05) is 0 Å². The third-order valence-corrected chi connectivity index (χ3v) is 4.17. The van der Waals surface area contributed by atoms with Gasteiger partial charge in [-0.15, -0.1) is 0 Å². The van der Waals surface area contributed by atoms with Crippen molar-refractivity contribution in [2.45, 2.75) is 39.3 Å². The summed E-state index contributed by atoms with van der Waals surface area (Å²) in [5.41, 5.74) is 8.96. The smallest absolute Gasteiger partial charge is 0.0247 e. The predicted molar refractivity (Wildman–Crippen MR) is 72.9 cm³/mol. The second-order valence-electron chi connectivity index (χ2n) is 5.18. The molecule has 1 aromatic rings. The SMILES string of the molecule is CCC(C)C(CN)N1CCc2ccccc2C1. The summed E-state index contributed by atoms with van der Waals surface area (Å²) in [4.78, 5) is 2.57. The molecule has 2 heteroatoms. The predicted octanol–water partition coefficient (Wildman–Crippen LogP) is 2.42. The van der Waals surface area contributed by atoms with E-state index in [0.717, 1.165) is 19.6 Å².